The molecular formula is C28H29N5S. The van der Waals surface area contributed by atoms with Crippen molar-refractivity contribution in [3.63, 3.8) is 0 Å². The summed E-state index contributed by atoms with van der Waals surface area (Å²) in [6.45, 7) is 7.29. The number of nitrogens with zero attached hydrogens (tertiary/aromatic N) is 4. The largest absolute Gasteiger partial charge is 0.352 e. The average molecular weight is 468 g/mol. The molecule has 1 saturated heterocycles. The second-order valence-corrected chi connectivity index (χ2v) is 9.15. The predicted molar refractivity (Wildman–Crippen MR) is 140 cm³/mol. The van der Waals surface area contributed by atoms with Gasteiger partial charge in [-0.25, -0.2) is 0 Å². The fourth-order valence-corrected chi connectivity index (χ4v) is 5.39. The standard InChI is InChI=1S/C28H29N5S/c1-4-22-11-5-6-13-25(22)33-19(2)16-23(20(33)3)27-26(24-12-7-8-15-30-24)31-28(34)32(27)18-21-10-9-14-29-17-21/h5-17,26-27H,4,18H2,1-3H3,(H,31,34)/t26-,27+/m0/s1. The normalized spacial score (nSPS) is 17.7. The number of hydrogen-bond donors (Lipinski definition) is 1. The summed E-state index contributed by atoms with van der Waals surface area (Å²) in [6.07, 6.45) is 6.55. The van der Waals surface area contributed by atoms with E-state index in [9.17, 15) is 0 Å². The quantitative estimate of drug-likeness (QED) is 0.373. The minimum atomic E-state index is -0.0410. The lowest BCUT2D eigenvalue weighted by Crippen LogP contribution is -2.29. The first-order valence-corrected chi connectivity index (χ1v) is 12.1. The number of benzene rings is 1. The molecular weight excluding hydrogens is 438 g/mol. The maximum absolute atomic E-state index is 5.87. The Morgan fingerprint density at radius 3 is 2.56 bits per heavy atom. The Labute approximate surface area is 206 Å². The van der Waals surface area contributed by atoms with Crippen molar-refractivity contribution in [2.24, 2.45) is 0 Å². The lowest BCUT2D eigenvalue weighted by Gasteiger charge is -2.28. The molecule has 0 radical (unpaired) electrons. The summed E-state index contributed by atoms with van der Waals surface area (Å²) in [5.74, 6) is 0. The minimum Gasteiger partial charge on any atom is -0.352 e. The number of rotatable bonds is 6. The molecule has 1 fully saturated rings. The first-order chi connectivity index (χ1) is 16.6. The van der Waals surface area contributed by atoms with Crippen molar-refractivity contribution in [1.29, 1.82) is 0 Å². The number of nitrogens with one attached hydrogen (secondary N) is 1. The summed E-state index contributed by atoms with van der Waals surface area (Å²) in [4.78, 5) is 11.3. The molecule has 0 spiro atoms. The third-order valence-corrected chi connectivity index (χ3v) is 7.03. The minimum absolute atomic E-state index is 0.0105. The van der Waals surface area contributed by atoms with E-state index in [1.807, 2.05) is 30.6 Å². The second-order valence-electron chi connectivity index (χ2n) is 8.76. The number of aryl methyl sites for hydroxylation is 2. The molecule has 0 saturated carbocycles. The van der Waals surface area contributed by atoms with Gasteiger partial charge in [-0.05, 0) is 79.5 Å². The second kappa shape index (κ2) is 9.39. The monoisotopic (exact) mass is 467 g/mol. The Kier molecular flexibility index (Phi) is 6.16. The van der Waals surface area contributed by atoms with Crippen LogP contribution in [0.3, 0.4) is 0 Å². The average Bonchev–Trinajstić information content (AvgIpc) is 3.35. The van der Waals surface area contributed by atoms with E-state index in [1.165, 1.54) is 28.2 Å². The molecule has 3 aromatic heterocycles. The van der Waals surface area contributed by atoms with Gasteiger partial charge in [-0.2, -0.15) is 0 Å². The van der Waals surface area contributed by atoms with Gasteiger partial charge >= 0.3 is 0 Å². The third kappa shape index (κ3) is 3.99. The summed E-state index contributed by atoms with van der Waals surface area (Å²) in [5, 5.41) is 4.31. The van der Waals surface area contributed by atoms with Crippen LogP contribution in [0.4, 0.5) is 0 Å². The molecule has 34 heavy (non-hydrogen) atoms. The van der Waals surface area contributed by atoms with Crippen LogP contribution < -0.4 is 5.32 Å². The van der Waals surface area contributed by atoms with Crippen molar-refractivity contribution in [3.05, 3.63) is 113 Å². The molecule has 5 nitrogen and oxygen atoms in total. The number of para-hydroxylation sites is 1. The topological polar surface area (TPSA) is 46.0 Å². The molecule has 6 heteroatoms. The Balaban J connectivity index is 1.64. The molecule has 4 heterocycles. The number of hydrogen-bond acceptors (Lipinski definition) is 3. The molecule has 172 valence electrons. The van der Waals surface area contributed by atoms with E-state index < -0.39 is 0 Å². The van der Waals surface area contributed by atoms with Gasteiger partial charge in [0.05, 0.1) is 17.8 Å². The zero-order valence-corrected chi connectivity index (χ0v) is 20.6. The van der Waals surface area contributed by atoms with Crippen molar-refractivity contribution in [3.8, 4) is 5.69 Å². The fraction of sp³-hybridized carbons (Fsp3) is 0.250. The highest BCUT2D eigenvalue weighted by Gasteiger charge is 2.41. The predicted octanol–water partition coefficient (Wildman–Crippen LogP) is 5.62. The van der Waals surface area contributed by atoms with E-state index in [2.05, 4.69) is 88.0 Å². The van der Waals surface area contributed by atoms with Crippen LogP contribution in [0.15, 0.2) is 79.3 Å². The third-order valence-electron chi connectivity index (χ3n) is 6.68. The van der Waals surface area contributed by atoms with Gasteiger partial charge in [0.2, 0.25) is 0 Å². The molecule has 1 aliphatic rings. The molecule has 1 aliphatic heterocycles. The van der Waals surface area contributed by atoms with E-state index in [1.54, 1.807) is 6.20 Å². The maximum atomic E-state index is 5.87. The Bertz CT molecular complexity index is 1300. The molecule has 5 rings (SSSR count). The zero-order valence-electron chi connectivity index (χ0n) is 19.8. The van der Waals surface area contributed by atoms with E-state index in [0.29, 0.717) is 6.54 Å². The SMILES string of the molecule is CCc1ccccc1-n1c(C)cc([C@@H]2[C@H](c3ccccn3)NC(=S)N2Cc2cccnc2)c1C. The summed E-state index contributed by atoms with van der Waals surface area (Å²) in [6, 6.07) is 21.1. The van der Waals surface area contributed by atoms with Crippen LogP contribution in [0.1, 0.15) is 52.8 Å². The van der Waals surface area contributed by atoms with Crippen molar-refractivity contribution in [1.82, 2.24) is 24.8 Å². The first-order valence-electron chi connectivity index (χ1n) is 11.7. The van der Waals surface area contributed by atoms with Gasteiger partial charge in [0.25, 0.3) is 0 Å². The van der Waals surface area contributed by atoms with Gasteiger partial charge in [0, 0.05) is 42.2 Å². The molecule has 1 aromatic carbocycles. The molecule has 0 aliphatic carbocycles. The molecule has 0 bridgehead atoms. The Hall–Kier alpha value is -3.51. The van der Waals surface area contributed by atoms with Crippen molar-refractivity contribution in [2.75, 3.05) is 0 Å². The van der Waals surface area contributed by atoms with Gasteiger partial charge in [0.1, 0.15) is 0 Å². The molecule has 0 unspecified atom stereocenters. The van der Waals surface area contributed by atoms with Crippen LogP contribution in [0, 0.1) is 13.8 Å². The lowest BCUT2D eigenvalue weighted by molar-refractivity contribution is 0.310. The van der Waals surface area contributed by atoms with Crippen LogP contribution in [0.2, 0.25) is 0 Å². The lowest BCUT2D eigenvalue weighted by atomic mass is 9.96. The van der Waals surface area contributed by atoms with E-state index >= 15 is 0 Å². The van der Waals surface area contributed by atoms with E-state index in [0.717, 1.165) is 22.8 Å². The van der Waals surface area contributed by atoms with Crippen molar-refractivity contribution in [2.45, 2.75) is 45.8 Å². The number of aromatic nitrogens is 3. The van der Waals surface area contributed by atoms with Gasteiger partial charge in [-0.3, -0.25) is 9.97 Å². The van der Waals surface area contributed by atoms with Crippen LogP contribution in [-0.2, 0) is 13.0 Å². The van der Waals surface area contributed by atoms with Crippen molar-refractivity contribution >= 4 is 17.3 Å². The highest BCUT2D eigenvalue weighted by molar-refractivity contribution is 7.80. The zero-order chi connectivity index (χ0) is 23.7. The maximum Gasteiger partial charge on any atom is 0.170 e. The van der Waals surface area contributed by atoms with Crippen LogP contribution in [0.5, 0.6) is 0 Å². The highest BCUT2D eigenvalue weighted by atomic mass is 32.1. The smallest absolute Gasteiger partial charge is 0.170 e. The van der Waals surface area contributed by atoms with Gasteiger partial charge < -0.3 is 14.8 Å². The van der Waals surface area contributed by atoms with Crippen LogP contribution in [-0.4, -0.2) is 24.5 Å². The van der Waals surface area contributed by atoms with Gasteiger partial charge in [-0.15, -0.1) is 0 Å². The number of thiocarbonyl (C=S) groups is 1. The van der Waals surface area contributed by atoms with E-state index in [-0.39, 0.29) is 12.1 Å². The van der Waals surface area contributed by atoms with Gasteiger partial charge in [0.15, 0.2) is 5.11 Å². The first kappa shape index (κ1) is 22.3. The summed E-state index contributed by atoms with van der Waals surface area (Å²) in [5.41, 5.74) is 8.40. The summed E-state index contributed by atoms with van der Waals surface area (Å²) < 4.78 is 2.38. The molecule has 2 atom stereocenters. The molecule has 1 N–H and O–H groups in total. The van der Waals surface area contributed by atoms with Crippen LogP contribution >= 0.6 is 12.2 Å². The highest BCUT2D eigenvalue weighted by Crippen LogP contribution is 2.42. The Morgan fingerprint density at radius 1 is 1.00 bits per heavy atom. The Morgan fingerprint density at radius 2 is 1.82 bits per heavy atom. The summed E-state index contributed by atoms with van der Waals surface area (Å²) >= 11 is 5.87. The van der Waals surface area contributed by atoms with Gasteiger partial charge in [-0.1, -0.05) is 37.3 Å². The summed E-state index contributed by atoms with van der Waals surface area (Å²) in [7, 11) is 0. The number of pyridine rings is 2. The van der Waals surface area contributed by atoms with Crippen molar-refractivity contribution < 1.29 is 0 Å². The van der Waals surface area contributed by atoms with E-state index in [4.69, 9.17) is 12.2 Å². The molecule has 4 aromatic rings. The van der Waals surface area contributed by atoms with Crippen LogP contribution in [0.25, 0.3) is 5.69 Å². The fourth-order valence-electron chi connectivity index (χ4n) is 5.09. The molecule has 0 amide bonds.